The fraction of sp³-hybridized carbons (Fsp3) is 0.353. The summed E-state index contributed by atoms with van der Waals surface area (Å²) in [5.41, 5.74) is 3.97. The number of allylic oxidation sites excluding steroid dienone is 2. The predicted octanol–water partition coefficient (Wildman–Crippen LogP) is 3.37. The fourth-order valence-corrected chi connectivity index (χ4v) is 2.42. The summed E-state index contributed by atoms with van der Waals surface area (Å²) in [6, 6.07) is 3.71. The Hall–Kier alpha value is -2.03. The molecule has 3 heteroatoms. The summed E-state index contributed by atoms with van der Waals surface area (Å²) < 4.78 is 0. The number of aryl methyl sites for hydroxylation is 1. The minimum absolute atomic E-state index is 0.144. The van der Waals surface area contributed by atoms with E-state index in [2.05, 4.69) is 6.58 Å². The van der Waals surface area contributed by atoms with Crippen LogP contribution in [0.1, 0.15) is 31.4 Å². The van der Waals surface area contributed by atoms with Crippen LogP contribution in [0.5, 0.6) is 5.75 Å². The molecule has 1 aliphatic rings. The van der Waals surface area contributed by atoms with Gasteiger partial charge in [-0.2, -0.15) is 0 Å². The van der Waals surface area contributed by atoms with Crippen molar-refractivity contribution in [3.8, 4) is 5.75 Å². The van der Waals surface area contributed by atoms with Gasteiger partial charge in [0, 0.05) is 18.7 Å². The first-order valence-corrected chi connectivity index (χ1v) is 6.92. The summed E-state index contributed by atoms with van der Waals surface area (Å²) in [4.78, 5) is 13.9. The maximum absolute atomic E-state index is 12.1. The molecule has 0 fully saturated rings. The lowest BCUT2D eigenvalue weighted by Crippen LogP contribution is -2.35. The van der Waals surface area contributed by atoms with Crippen molar-refractivity contribution in [1.29, 1.82) is 0 Å². The van der Waals surface area contributed by atoms with Gasteiger partial charge in [-0.15, -0.1) is 6.58 Å². The maximum Gasteiger partial charge on any atom is 0.227 e. The minimum atomic E-state index is 0.144. The van der Waals surface area contributed by atoms with Crippen molar-refractivity contribution in [3.05, 3.63) is 47.6 Å². The second-order valence-corrected chi connectivity index (χ2v) is 5.39. The first-order valence-electron chi connectivity index (χ1n) is 6.92. The van der Waals surface area contributed by atoms with E-state index in [0.717, 1.165) is 16.8 Å². The molecule has 0 atom stereocenters. The molecule has 0 aliphatic carbocycles. The van der Waals surface area contributed by atoms with E-state index >= 15 is 0 Å². The first-order chi connectivity index (χ1) is 9.52. The smallest absolute Gasteiger partial charge is 0.227 e. The number of phenols is 1. The van der Waals surface area contributed by atoms with E-state index < -0.39 is 0 Å². The van der Waals surface area contributed by atoms with E-state index in [4.69, 9.17) is 0 Å². The van der Waals surface area contributed by atoms with Crippen LogP contribution in [0.2, 0.25) is 0 Å². The lowest BCUT2D eigenvalue weighted by molar-refractivity contribution is -0.118. The topological polar surface area (TPSA) is 40.5 Å². The van der Waals surface area contributed by atoms with E-state index in [9.17, 15) is 9.90 Å². The van der Waals surface area contributed by atoms with Gasteiger partial charge < -0.3 is 10.0 Å². The molecule has 1 aliphatic heterocycles. The maximum atomic E-state index is 12.1. The van der Waals surface area contributed by atoms with E-state index in [1.54, 1.807) is 17.0 Å². The number of nitrogens with zero attached hydrogens (tertiary/aromatic N) is 1. The number of carbonyl (C=O) groups is 1. The predicted molar refractivity (Wildman–Crippen MR) is 82.1 cm³/mol. The second-order valence-electron chi connectivity index (χ2n) is 5.39. The van der Waals surface area contributed by atoms with Gasteiger partial charge in [-0.05, 0) is 49.9 Å². The highest BCUT2D eigenvalue weighted by Gasteiger charge is 2.24. The highest BCUT2D eigenvalue weighted by molar-refractivity contribution is 5.97. The van der Waals surface area contributed by atoms with Crippen LogP contribution < -0.4 is 4.90 Å². The SMILES string of the molecule is C=CCc1cc2c(cc1O)CCC(=O)N2CC=C(C)C. The molecule has 0 spiro atoms. The number of anilines is 1. The molecule has 0 unspecified atom stereocenters. The van der Waals surface area contributed by atoms with Crippen molar-refractivity contribution < 1.29 is 9.90 Å². The van der Waals surface area contributed by atoms with Gasteiger partial charge in [-0.25, -0.2) is 0 Å². The van der Waals surface area contributed by atoms with Crippen LogP contribution in [0.4, 0.5) is 5.69 Å². The first kappa shape index (κ1) is 14.4. The number of benzene rings is 1. The molecular weight excluding hydrogens is 250 g/mol. The van der Waals surface area contributed by atoms with E-state index in [0.29, 0.717) is 31.6 Å². The average molecular weight is 271 g/mol. The van der Waals surface area contributed by atoms with Crippen molar-refractivity contribution in [2.75, 3.05) is 11.4 Å². The van der Waals surface area contributed by atoms with Crippen LogP contribution in [0, 0.1) is 0 Å². The average Bonchev–Trinajstić information content (AvgIpc) is 2.39. The van der Waals surface area contributed by atoms with Gasteiger partial charge in [0.15, 0.2) is 0 Å². The number of amides is 1. The molecule has 106 valence electrons. The zero-order chi connectivity index (χ0) is 14.7. The molecule has 1 amide bonds. The van der Waals surface area contributed by atoms with Crippen LogP contribution in [-0.4, -0.2) is 17.6 Å². The summed E-state index contributed by atoms with van der Waals surface area (Å²) in [7, 11) is 0. The Labute approximate surface area is 120 Å². The number of hydrogen-bond donors (Lipinski definition) is 1. The van der Waals surface area contributed by atoms with E-state index in [1.165, 1.54) is 5.57 Å². The van der Waals surface area contributed by atoms with Crippen molar-refractivity contribution in [2.24, 2.45) is 0 Å². The zero-order valence-electron chi connectivity index (χ0n) is 12.1. The number of aromatic hydroxyl groups is 1. The number of rotatable bonds is 4. The number of fused-ring (bicyclic) bond motifs is 1. The molecule has 20 heavy (non-hydrogen) atoms. The normalized spacial score (nSPS) is 13.9. The van der Waals surface area contributed by atoms with Crippen LogP contribution in [0.15, 0.2) is 36.4 Å². The quantitative estimate of drug-likeness (QED) is 0.853. The molecule has 0 aromatic heterocycles. The van der Waals surface area contributed by atoms with Crippen molar-refractivity contribution >= 4 is 11.6 Å². The Bertz CT molecular complexity index is 569. The van der Waals surface area contributed by atoms with Gasteiger partial charge in [0.2, 0.25) is 5.91 Å². The molecule has 2 rings (SSSR count). The van der Waals surface area contributed by atoms with Crippen LogP contribution in [0.3, 0.4) is 0 Å². The highest BCUT2D eigenvalue weighted by Crippen LogP contribution is 2.34. The minimum Gasteiger partial charge on any atom is -0.508 e. The fourth-order valence-electron chi connectivity index (χ4n) is 2.42. The van der Waals surface area contributed by atoms with Gasteiger partial charge in [0.25, 0.3) is 0 Å². The number of carbonyl (C=O) groups excluding carboxylic acids is 1. The molecule has 3 nitrogen and oxygen atoms in total. The Balaban J connectivity index is 2.42. The third-order valence-corrected chi connectivity index (χ3v) is 3.53. The summed E-state index contributed by atoms with van der Waals surface area (Å²) in [5, 5.41) is 10.0. The van der Waals surface area contributed by atoms with E-state index in [-0.39, 0.29) is 5.91 Å². The summed E-state index contributed by atoms with van der Waals surface area (Å²) in [5.74, 6) is 0.436. The van der Waals surface area contributed by atoms with Gasteiger partial charge in [-0.1, -0.05) is 17.7 Å². The van der Waals surface area contributed by atoms with Gasteiger partial charge in [-0.3, -0.25) is 4.79 Å². The molecular formula is C17H21NO2. The Kier molecular flexibility index (Phi) is 4.28. The largest absolute Gasteiger partial charge is 0.508 e. The molecule has 0 radical (unpaired) electrons. The third kappa shape index (κ3) is 2.93. The van der Waals surface area contributed by atoms with Gasteiger partial charge in [0.1, 0.15) is 5.75 Å². The molecule has 1 aromatic carbocycles. The standard InChI is InChI=1S/C17H21NO2/c1-4-5-14-10-15-13(11-16(14)19)6-7-17(20)18(15)9-8-12(2)3/h4,8,10-11,19H,1,5-7,9H2,2-3H3. The molecule has 1 heterocycles. The van der Waals surface area contributed by atoms with Gasteiger partial charge in [0.05, 0.1) is 0 Å². The Morgan fingerprint density at radius 1 is 1.40 bits per heavy atom. The van der Waals surface area contributed by atoms with E-state index in [1.807, 2.05) is 26.0 Å². The van der Waals surface area contributed by atoms with Crippen LogP contribution in [-0.2, 0) is 17.6 Å². The Morgan fingerprint density at radius 2 is 2.15 bits per heavy atom. The van der Waals surface area contributed by atoms with Gasteiger partial charge >= 0.3 is 0 Å². The lowest BCUT2D eigenvalue weighted by Gasteiger charge is -2.29. The summed E-state index contributed by atoms with van der Waals surface area (Å²) in [6.07, 6.45) is 5.61. The third-order valence-electron chi connectivity index (χ3n) is 3.53. The van der Waals surface area contributed by atoms with Crippen LogP contribution >= 0.6 is 0 Å². The van der Waals surface area contributed by atoms with Crippen molar-refractivity contribution in [3.63, 3.8) is 0 Å². The lowest BCUT2D eigenvalue weighted by atomic mass is 9.97. The zero-order valence-corrected chi connectivity index (χ0v) is 12.1. The molecule has 1 aromatic rings. The number of hydrogen-bond acceptors (Lipinski definition) is 2. The summed E-state index contributed by atoms with van der Waals surface area (Å²) >= 11 is 0. The highest BCUT2D eigenvalue weighted by atomic mass is 16.3. The molecule has 1 N–H and O–H groups in total. The second kappa shape index (κ2) is 5.95. The van der Waals surface area contributed by atoms with Crippen LogP contribution in [0.25, 0.3) is 0 Å². The molecule has 0 saturated carbocycles. The number of phenolic OH excluding ortho intramolecular Hbond substituents is 1. The van der Waals surface area contributed by atoms with Crippen molar-refractivity contribution in [1.82, 2.24) is 0 Å². The summed E-state index contributed by atoms with van der Waals surface area (Å²) in [6.45, 7) is 8.34. The Morgan fingerprint density at radius 3 is 2.80 bits per heavy atom. The van der Waals surface area contributed by atoms with Crippen molar-refractivity contribution in [2.45, 2.75) is 33.1 Å². The molecule has 0 bridgehead atoms. The monoisotopic (exact) mass is 271 g/mol. The molecule has 0 saturated heterocycles.